The quantitative estimate of drug-likeness (QED) is 0.0578. The number of aliphatic hydroxyl groups is 1. The number of azide groups is 2. The van der Waals surface area contributed by atoms with Crippen molar-refractivity contribution in [1.29, 1.82) is 0 Å². The van der Waals surface area contributed by atoms with Crippen molar-refractivity contribution in [2.24, 2.45) is 10.2 Å². The van der Waals surface area contributed by atoms with E-state index in [0.29, 0.717) is 36.0 Å². The number of carbonyl (C=O) groups excluding carboxylic acids is 1. The van der Waals surface area contributed by atoms with Gasteiger partial charge >= 0.3 is 35.7 Å². The topological polar surface area (TPSA) is 335 Å². The number of H-pyrrole nitrogens is 2. The largest absolute Gasteiger partial charge is 1.00 e. The number of aromatic amines is 2. The Bertz CT molecular complexity index is 2740. The summed E-state index contributed by atoms with van der Waals surface area (Å²) in [6, 6.07) is 18.3. The maximum absolute atomic E-state index is 12.7. The molecule has 3 aliphatic rings. The number of benzene rings is 2. The molecule has 5 N–H and O–H groups in total. The third-order valence-corrected chi connectivity index (χ3v) is 10.4. The SMILES string of the molecule is Cc1nc2c(ncn2[C@@H]2O[C@H](CN=[N+]=[N-])C(NCc3ccccc3)[C@@H]2O)c(=O)[nH]1.Cc1nc2c(ncn2[C@@H]2O[C@H](CN=[N+]=[N-])C3[C@@H]2OC(=O)N3Cc2ccccc2)c(=O)[nH]1.[Na+].[OH-]. The summed E-state index contributed by atoms with van der Waals surface area (Å²) in [6.45, 7) is 4.24. The van der Waals surface area contributed by atoms with Crippen LogP contribution in [0.1, 0.15) is 35.2 Å². The van der Waals surface area contributed by atoms with Crippen LogP contribution in [0.2, 0.25) is 0 Å². The molecule has 6 aromatic rings. The van der Waals surface area contributed by atoms with Crippen LogP contribution in [0.4, 0.5) is 4.79 Å². The van der Waals surface area contributed by atoms with Gasteiger partial charge in [0, 0.05) is 22.9 Å². The van der Waals surface area contributed by atoms with Crippen LogP contribution in [-0.2, 0) is 27.3 Å². The van der Waals surface area contributed by atoms with Crippen LogP contribution in [0, 0.1) is 13.8 Å². The molecular weight excluding hydrogens is 820 g/mol. The van der Waals surface area contributed by atoms with Crippen molar-refractivity contribution < 1.29 is 59.1 Å². The molecule has 2 unspecified atom stereocenters. The first kappa shape index (κ1) is 45.4. The van der Waals surface area contributed by atoms with Crippen LogP contribution in [0.3, 0.4) is 0 Å². The third-order valence-electron chi connectivity index (χ3n) is 10.4. The van der Waals surface area contributed by atoms with E-state index in [1.165, 1.54) is 17.2 Å². The molecule has 8 atom stereocenters. The van der Waals surface area contributed by atoms with Gasteiger partial charge in [0.1, 0.15) is 23.8 Å². The summed E-state index contributed by atoms with van der Waals surface area (Å²) in [5.41, 5.74) is 19.7. The Labute approximate surface area is 372 Å². The van der Waals surface area contributed by atoms with Crippen LogP contribution in [-0.4, -0.2) is 110 Å². The van der Waals surface area contributed by atoms with E-state index in [0.717, 1.165) is 11.1 Å². The number of hydrogen-bond acceptors (Lipinski definition) is 15. The summed E-state index contributed by atoms with van der Waals surface area (Å²) < 4.78 is 21.0. The molecule has 25 heteroatoms. The number of imidazole rings is 2. The fourth-order valence-electron chi connectivity index (χ4n) is 7.74. The minimum atomic E-state index is -0.976. The molecule has 316 valence electrons. The Kier molecular flexibility index (Phi) is 14.4. The maximum Gasteiger partial charge on any atom is 1.00 e. The van der Waals surface area contributed by atoms with Crippen LogP contribution in [0.25, 0.3) is 43.2 Å². The maximum atomic E-state index is 12.7. The fraction of sp³-hybridized carbons (Fsp3) is 0.378. The molecule has 0 spiro atoms. The number of nitrogens with zero attached hydrogens (tertiary/aromatic N) is 13. The summed E-state index contributed by atoms with van der Waals surface area (Å²) in [6.07, 6.45) is -2.04. The number of amides is 1. The number of aromatic nitrogens is 8. The molecule has 9 rings (SSSR count). The molecule has 4 aromatic heterocycles. The van der Waals surface area contributed by atoms with Gasteiger partial charge in [-0.15, -0.1) is 0 Å². The molecule has 7 heterocycles. The molecule has 0 radical (unpaired) electrons. The molecule has 24 nitrogen and oxygen atoms in total. The summed E-state index contributed by atoms with van der Waals surface area (Å²) >= 11 is 0. The van der Waals surface area contributed by atoms with E-state index in [1.807, 2.05) is 60.7 Å². The van der Waals surface area contributed by atoms with Gasteiger partial charge in [0.05, 0.1) is 44.0 Å². The molecule has 62 heavy (non-hydrogen) atoms. The van der Waals surface area contributed by atoms with E-state index in [9.17, 15) is 19.5 Å². The second-order valence-corrected chi connectivity index (χ2v) is 14.2. The van der Waals surface area contributed by atoms with Gasteiger partial charge in [-0.05, 0) is 36.0 Å². The number of aryl methyl sites for hydroxylation is 2. The minimum Gasteiger partial charge on any atom is -0.870 e. The van der Waals surface area contributed by atoms with Gasteiger partial charge in [-0.2, -0.15) is 0 Å². The Morgan fingerprint density at radius 3 is 1.87 bits per heavy atom. The Morgan fingerprint density at radius 2 is 1.31 bits per heavy atom. The first-order chi connectivity index (χ1) is 29.1. The second kappa shape index (κ2) is 19.7. The van der Waals surface area contributed by atoms with Crippen LogP contribution >= 0.6 is 0 Å². The average Bonchev–Trinajstić information content (AvgIpc) is 4.06. The van der Waals surface area contributed by atoms with Gasteiger partial charge in [-0.1, -0.05) is 70.9 Å². The van der Waals surface area contributed by atoms with E-state index in [2.05, 4.69) is 55.3 Å². The van der Waals surface area contributed by atoms with Gasteiger partial charge < -0.3 is 40.1 Å². The first-order valence-electron chi connectivity index (χ1n) is 18.8. The molecule has 0 bridgehead atoms. The summed E-state index contributed by atoms with van der Waals surface area (Å²) in [5, 5.41) is 21.5. The number of ether oxygens (including phenoxy) is 3. The van der Waals surface area contributed by atoms with Gasteiger partial charge in [0.15, 0.2) is 40.9 Å². The zero-order chi connectivity index (χ0) is 41.9. The first-order valence-corrected chi connectivity index (χ1v) is 18.8. The zero-order valence-corrected chi connectivity index (χ0v) is 35.5. The molecule has 3 saturated heterocycles. The fourth-order valence-corrected chi connectivity index (χ4v) is 7.74. The predicted octanol–water partition coefficient (Wildman–Crippen LogP) is 0.00754. The molecule has 0 aliphatic carbocycles. The Morgan fingerprint density at radius 1 is 0.790 bits per heavy atom. The summed E-state index contributed by atoms with van der Waals surface area (Å²) in [7, 11) is 0. The summed E-state index contributed by atoms with van der Waals surface area (Å²) in [5.74, 6) is 0.856. The Balaban J connectivity index is 0.000000201. The molecule has 3 fully saturated rings. The number of rotatable bonds is 11. The summed E-state index contributed by atoms with van der Waals surface area (Å²) in [4.78, 5) is 66.4. The van der Waals surface area contributed by atoms with Crippen molar-refractivity contribution in [2.45, 2.75) is 75.9 Å². The standard InChI is InChI=1S/C19H18N8O4.C18H20N8O3.Na.H2O/c1-10-23-16-13(17(28)24-10)21-9-27(16)18-15-14(12(30-18)7-22-25-20)26(19(29)31-15)8-11-5-3-2-4-6-11;1-10-23-16-14(17(28)24-10)21-9-26(16)18-15(27)13(12(29-18)8-22-25-19)20-7-11-5-3-2-4-6-11;;/h2-6,9,12,14-15,18H,7-8H2,1H3,(H,23,24,28);2-6,9,12-13,15,18,20,27H,7-8H2,1H3,(H,23,24,28);;1H2/q;;+1;/p-1/t12-,14?,15+,18-;12-,13?,15+,18-;;/m11../s1. The van der Waals surface area contributed by atoms with Crippen LogP contribution in [0.15, 0.2) is 93.1 Å². The smallest absolute Gasteiger partial charge is 0.870 e. The van der Waals surface area contributed by atoms with Crippen molar-refractivity contribution >= 4 is 28.4 Å². The normalized spacial score (nSPS) is 23.6. The van der Waals surface area contributed by atoms with Crippen LogP contribution in [0.5, 0.6) is 0 Å². The second-order valence-electron chi connectivity index (χ2n) is 14.2. The van der Waals surface area contributed by atoms with Crippen molar-refractivity contribution in [2.75, 3.05) is 13.1 Å². The van der Waals surface area contributed by atoms with Crippen LogP contribution < -0.4 is 46.0 Å². The van der Waals surface area contributed by atoms with Crippen molar-refractivity contribution in [3.8, 4) is 0 Å². The molecule has 3 aliphatic heterocycles. The van der Waals surface area contributed by atoms with Crippen molar-refractivity contribution in [1.82, 2.24) is 49.3 Å². The van der Waals surface area contributed by atoms with E-state index in [1.54, 1.807) is 23.3 Å². The van der Waals surface area contributed by atoms with Crippen molar-refractivity contribution in [3.63, 3.8) is 0 Å². The van der Waals surface area contributed by atoms with E-state index >= 15 is 0 Å². The minimum absolute atomic E-state index is 0. The molecule has 1 amide bonds. The van der Waals surface area contributed by atoms with Gasteiger partial charge in [0.25, 0.3) is 11.1 Å². The average molecular weight is 859 g/mol. The number of hydrogen-bond donors (Lipinski definition) is 4. The number of nitrogens with one attached hydrogen (secondary N) is 3. The van der Waals surface area contributed by atoms with E-state index in [4.69, 9.17) is 25.3 Å². The van der Waals surface area contributed by atoms with E-state index in [-0.39, 0.29) is 70.3 Å². The Hall–Kier alpha value is -6.17. The van der Waals surface area contributed by atoms with E-state index < -0.39 is 55.0 Å². The third kappa shape index (κ3) is 9.05. The predicted molar refractivity (Wildman–Crippen MR) is 213 cm³/mol. The number of carbonyl (C=O) groups is 1. The van der Waals surface area contributed by atoms with Gasteiger partial charge in [-0.3, -0.25) is 23.6 Å². The monoisotopic (exact) mass is 858 g/mol. The van der Waals surface area contributed by atoms with Gasteiger partial charge in [-0.25, -0.2) is 24.7 Å². The molecule has 0 saturated carbocycles. The number of aliphatic hydroxyl groups excluding tert-OH is 1. The number of fused-ring (bicyclic) bond motifs is 3. The van der Waals surface area contributed by atoms with Gasteiger partial charge in [0.2, 0.25) is 0 Å². The molecule has 2 aromatic carbocycles. The molecular formula is C37H39N16NaO8. The zero-order valence-electron chi connectivity index (χ0n) is 33.5. The van der Waals surface area contributed by atoms with Crippen molar-refractivity contribution in [3.05, 3.63) is 138 Å².